The molecule has 5 rings (SSSR count). The van der Waals surface area contributed by atoms with Crippen LogP contribution in [0.1, 0.15) is 34.6 Å². The average Bonchev–Trinajstić information content (AvgIpc) is 3.13. The number of amides is 1. The molecule has 0 bridgehead atoms. The predicted molar refractivity (Wildman–Crippen MR) is 117 cm³/mol. The number of carbonyl (C=O) groups is 1. The molecule has 3 heterocycles. The Balaban J connectivity index is 1.50. The molecule has 164 valence electrons. The molecule has 2 aromatic carbocycles. The second kappa shape index (κ2) is 7.72. The third-order valence-corrected chi connectivity index (χ3v) is 5.97. The Labute approximate surface area is 188 Å². The summed E-state index contributed by atoms with van der Waals surface area (Å²) in [5.41, 5.74) is 4.00. The van der Waals surface area contributed by atoms with Crippen LogP contribution in [0, 0.1) is 17.5 Å². The minimum Gasteiger partial charge on any atom is -0.330 e. The van der Waals surface area contributed by atoms with Gasteiger partial charge in [0.25, 0.3) is 5.91 Å². The molecule has 10 heteroatoms. The summed E-state index contributed by atoms with van der Waals surface area (Å²) in [5.74, 6) is -4.23. The lowest BCUT2D eigenvalue weighted by molar-refractivity contribution is 0.0674. The van der Waals surface area contributed by atoms with Crippen LogP contribution in [0.5, 0.6) is 0 Å². The SMILES string of the molecule is [B]c1cnc2cc(C(=O)N3CCc4c(nn(C)c4-c4cc(F)c(F)c(F)c4)[C@@H]3C)ccc2n1. The van der Waals surface area contributed by atoms with Crippen LogP contribution in [0.2, 0.25) is 0 Å². The van der Waals surface area contributed by atoms with Crippen LogP contribution in [0.25, 0.3) is 22.3 Å². The third kappa shape index (κ3) is 3.46. The number of rotatable bonds is 2. The van der Waals surface area contributed by atoms with Crippen molar-refractivity contribution in [3.05, 3.63) is 70.8 Å². The van der Waals surface area contributed by atoms with Crippen molar-refractivity contribution in [1.82, 2.24) is 24.6 Å². The minimum absolute atomic E-state index is 0.195. The van der Waals surface area contributed by atoms with E-state index in [4.69, 9.17) is 7.85 Å². The molecule has 2 radical (unpaired) electrons. The summed E-state index contributed by atoms with van der Waals surface area (Å²) in [6.07, 6.45) is 1.86. The van der Waals surface area contributed by atoms with Gasteiger partial charge in [0.1, 0.15) is 7.85 Å². The molecule has 2 aromatic heterocycles. The van der Waals surface area contributed by atoms with Gasteiger partial charge in [0.05, 0.1) is 28.5 Å². The van der Waals surface area contributed by atoms with Crippen molar-refractivity contribution < 1.29 is 18.0 Å². The lowest BCUT2D eigenvalue weighted by Crippen LogP contribution is -2.38. The van der Waals surface area contributed by atoms with E-state index in [-0.39, 0.29) is 17.5 Å². The Bertz CT molecular complexity index is 1410. The van der Waals surface area contributed by atoms with Crippen LogP contribution in [-0.4, -0.2) is 44.9 Å². The zero-order valence-electron chi connectivity index (χ0n) is 17.8. The molecular formula is C23H17BF3N5O. The molecule has 0 N–H and O–H groups in total. The number of benzene rings is 2. The molecule has 6 nitrogen and oxygen atoms in total. The van der Waals surface area contributed by atoms with E-state index >= 15 is 0 Å². The first kappa shape index (κ1) is 21.2. The average molecular weight is 447 g/mol. The first-order valence-electron chi connectivity index (χ1n) is 10.3. The van der Waals surface area contributed by atoms with Crippen molar-refractivity contribution in [2.24, 2.45) is 7.05 Å². The summed E-state index contributed by atoms with van der Waals surface area (Å²) < 4.78 is 42.6. The van der Waals surface area contributed by atoms with Gasteiger partial charge in [-0.15, -0.1) is 0 Å². The highest BCUT2D eigenvalue weighted by Crippen LogP contribution is 2.36. The molecule has 1 aliphatic rings. The van der Waals surface area contributed by atoms with Gasteiger partial charge in [0.2, 0.25) is 0 Å². The van der Waals surface area contributed by atoms with Crippen molar-refractivity contribution in [1.29, 1.82) is 0 Å². The standard InChI is InChI=1S/C23H17BF3N5O/c1-11-21-14(22(31(2)30-21)13-7-15(25)20(27)16(26)8-13)5-6-32(11)23(33)12-3-4-17-18(9-12)28-10-19(24)29-17/h3-4,7-11H,5-6H2,1-2H3/t11-/m0/s1. The molecule has 0 aliphatic carbocycles. The maximum absolute atomic E-state index is 13.8. The molecule has 0 saturated heterocycles. The predicted octanol–water partition coefficient (Wildman–Crippen LogP) is 3.00. The van der Waals surface area contributed by atoms with E-state index in [1.54, 1.807) is 30.1 Å². The zero-order chi connectivity index (χ0) is 23.4. The number of aryl methyl sites for hydroxylation is 1. The molecule has 1 atom stereocenters. The van der Waals surface area contributed by atoms with Gasteiger partial charge < -0.3 is 4.90 Å². The van der Waals surface area contributed by atoms with Crippen LogP contribution in [0.4, 0.5) is 13.2 Å². The Kier molecular flexibility index (Phi) is 4.95. The van der Waals surface area contributed by atoms with Gasteiger partial charge in [-0.05, 0) is 43.7 Å². The Morgan fingerprint density at radius 3 is 2.58 bits per heavy atom. The number of halogens is 3. The molecule has 0 spiro atoms. The summed E-state index contributed by atoms with van der Waals surface area (Å²) in [6.45, 7) is 2.23. The summed E-state index contributed by atoms with van der Waals surface area (Å²) in [6, 6.07) is 6.57. The number of fused-ring (bicyclic) bond motifs is 2. The zero-order valence-corrected chi connectivity index (χ0v) is 17.8. The Morgan fingerprint density at radius 1 is 1.12 bits per heavy atom. The number of hydrogen-bond acceptors (Lipinski definition) is 4. The fourth-order valence-corrected chi connectivity index (χ4v) is 4.40. The van der Waals surface area contributed by atoms with E-state index in [0.29, 0.717) is 46.5 Å². The fourth-order valence-electron chi connectivity index (χ4n) is 4.40. The molecular weight excluding hydrogens is 430 g/mol. The lowest BCUT2D eigenvalue weighted by atomic mass is 9.95. The molecule has 33 heavy (non-hydrogen) atoms. The molecule has 4 aromatic rings. The van der Waals surface area contributed by atoms with Gasteiger partial charge in [-0.1, -0.05) is 0 Å². The molecule has 0 fully saturated rings. The number of hydrogen-bond donors (Lipinski definition) is 0. The van der Waals surface area contributed by atoms with Gasteiger partial charge in [-0.2, -0.15) is 5.10 Å². The number of nitrogens with zero attached hydrogens (tertiary/aromatic N) is 5. The maximum Gasteiger partial charge on any atom is 0.254 e. The number of carbonyl (C=O) groups excluding carboxylic acids is 1. The van der Waals surface area contributed by atoms with Crippen LogP contribution in [-0.2, 0) is 13.5 Å². The monoisotopic (exact) mass is 447 g/mol. The normalized spacial score (nSPS) is 15.7. The largest absolute Gasteiger partial charge is 0.330 e. The molecule has 0 saturated carbocycles. The van der Waals surface area contributed by atoms with Gasteiger partial charge in [0.15, 0.2) is 17.5 Å². The molecule has 1 amide bonds. The van der Waals surface area contributed by atoms with Crippen LogP contribution in [0.3, 0.4) is 0 Å². The van der Waals surface area contributed by atoms with E-state index in [9.17, 15) is 18.0 Å². The van der Waals surface area contributed by atoms with Crippen LogP contribution >= 0.6 is 0 Å². The van der Waals surface area contributed by atoms with E-state index in [2.05, 4.69) is 15.1 Å². The van der Waals surface area contributed by atoms with E-state index < -0.39 is 17.5 Å². The summed E-state index contributed by atoms with van der Waals surface area (Å²) in [4.78, 5) is 23.4. The molecule has 1 aliphatic heterocycles. The van der Waals surface area contributed by atoms with Gasteiger partial charge in [0, 0.05) is 42.1 Å². The Morgan fingerprint density at radius 2 is 1.85 bits per heavy atom. The highest BCUT2D eigenvalue weighted by atomic mass is 19.2. The van der Waals surface area contributed by atoms with E-state index in [1.807, 2.05) is 6.92 Å². The van der Waals surface area contributed by atoms with Crippen molar-refractivity contribution in [2.45, 2.75) is 19.4 Å². The lowest BCUT2D eigenvalue weighted by Gasteiger charge is -2.33. The second-order valence-electron chi connectivity index (χ2n) is 8.01. The highest BCUT2D eigenvalue weighted by molar-refractivity contribution is 6.30. The van der Waals surface area contributed by atoms with Crippen molar-refractivity contribution in [3.8, 4) is 11.3 Å². The highest BCUT2D eigenvalue weighted by Gasteiger charge is 2.33. The van der Waals surface area contributed by atoms with Crippen molar-refractivity contribution in [3.63, 3.8) is 0 Å². The van der Waals surface area contributed by atoms with Crippen LogP contribution in [0.15, 0.2) is 36.5 Å². The Hall–Kier alpha value is -3.69. The first-order chi connectivity index (χ1) is 15.7. The van der Waals surface area contributed by atoms with Crippen LogP contribution < -0.4 is 5.59 Å². The quantitative estimate of drug-likeness (QED) is 0.350. The van der Waals surface area contributed by atoms with E-state index in [1.165, 1.54) is 10.9 Å². The summed E-state index contributed by atoms with van der Waals surface area (Å²) >= 11 is 0. The smallest absolute Gasteiger partial charge is 0.254 e. The maximum atomic E-state index is 13.8. The topological polar surface area (TPSA) is 63.9 Å². The van der Waals surface area contributed by atoms with Gasteiger partial charge in [-0.25, -0.2) is 13.2 Å². The summed E-state index contributed by atoms with van der Waals surface area (Å²) in [7, 11) is 7.32. The molecule has 0 unspecified atom stereocenters. The number of aromatic nitrogens is 4. The fraction of sp³-hybridized carbons (Fsp3) is 0.217. The second-order valence-corrected chi connectivity index (χ2v) is 8.01. The van der Waals surface area contributed by atoms with Crippen molar-refractivity contribution >= 4 is 30.4 Å². The first-order valence-corrected chi connectivity index (χ1v) is 10.3. The summed E-state index contributed by atoms with van der Waals surface area (Å²) in [5, 5.41) is 4.52. The van der Waals surface area contributed by atoms with Gasteiger partial charge >= 0.3 is 0 Å². The van der Waals surface area contributed by atoms with E-state index in [0.717, 1.165) is 17.7 Å². The van der Waals surface area contributed by atoms with Crippen molar-refractivity contribution in [2.75, 3.05) is 6.54 Å². The third-order valence-electron chi connectivity index (χ3n) is 5.97. The van der Waals surface area contributed by atoms with Gasteiger partial charge in [-0.3, -0.25) is 19.4 Å². The minimum atomic E-state index is -1.51.